The lowest BCUT2D eigenvalue weighted by Gasteiger charge is -2.14. The Balaban J connectivity index is 1.79. The highest BCUT2D eigenvalue weighted by molar-refractivity contribution is 6.13. The van der Waals surface area contributed by atoms with Crippen molar-refractivity contribution in [3.8, 4) is 22.8 Å². The van der Waals surface area contributed by atoms with Crippen molar-refractivity contribution in [1.29, 1.82) is 0 Å². The molecule has 0 aliphatic heterocycles. The summed E-state index contributed by atoms with van der Waals surface area (Å²) in [5.41, 5.74) is 4.75. The van der Waals surface area contributed by atoms with Gasteiger partial charge in [0.05, 0.1) is 36.7 Å². The third-order valence-electron chi connectivity index (χ3n) is 4.93. The number of amides is 1. The summed E-state index contributed by atoms with van der Waals surface area (Å²) < 4.78 is 10.6. The molecule has 0 aliphatic rings. The molecule has 0 spiro atoms. The van der Waals surface area contributed by atoms with Crippen molar-refractivity contribution in [2.45, 2.75) is 6.92 Å². The smallest absolute Gasteiger partial charge is 0.256 e. The minimum atomic E-state index is -0.231. The van der Waals surface area contributed by atoms with Crippen LogP contribution in [-0.4, -0.2) is 25.1 Å². The second kappa shape index (κ2) is 8.25. The number of carbonyl (C=O) groups excluding carboxylic acids is 1. The van der Waals surface area contributed by atoms with Crippen LogP contribution in [-0.2, 0) is 0 Å². The van der Waals surface area contributed by atoms with Crippen molar-refractivity contribution >= 4 is 22.5 Å². The van der Waals surface area contributed by atoms with E-state index in [9.17, 15) is 4.79 Å². The topological polar surface area (TPSA) is 60.5 Å². The van der Waals surface area contributed by atoms with Gasteiger partial charge in [-0.2, -0.15) is 0 Å². The fourth-order valence-electron chi connectivity index (χ4n) is 3.41. The molecule has 1 amide bonds. The third kappa shape index (κ3) is 3.82. The van der Waals surface area contributed by atoms with Crippen LogP contribution in [0.25, 0.3) is 22.2 Å². The van der Waals surface area contributed by atoms with Crippen LogP contribution >= 0.6 is 0 Å². The van der Waals surface area contributed by atoms with Crippen LogP contribution < -0.4 is 14.8 Å². The Kier molecular flexibility index (Phi) is 5.35. The number of benzene rings is 3. The van der Waals surface area contributed by atoms with Crippen LogP contribution in [0, 0.1) is 6.92 Å². The lowest BCUT2D eigenvalue weighted by Crippen LogP contribution is -2.14. The van der Waals surface area contributed by atoms with Crippen molar-refractivity contribution in [1.82, 2.24) is 4.98 Å². The Bertz CT molecular complexity index is 1230. The van der Waals surface area contributed by atoms with Gasteiger partial charge in [-0.25, -0.2) is 4.98 Å². The van der Waals surface area contributed by atoms with Gasteiger partial charge in [0.2, 0.25) is 0 Å². The van der Waals surface area contributed by atoms with E-state index in [2.05, 4.69) is 11.4 Å². The van der Waals surface area contributed by atoms with E-state index in [1.165, 1.54) is 0 Å². The number of pyridine rings is 1. The normalized spacial score (nSPS) is 10.6. The molecule has 0 atom stereocenters. The maximum Gasteiger partial charge on any atom is 0.256 e. The first-order valence-electron chi connectivity index (χ1n) is 9.59. The minimum absolute atomic E-state index is 0.231. The zero-order valence-electron chi connectivity index (χ0n) is 17.1. The van der Waals surface area contributed by atoms with Crippen molar-refractivity contribution in [3.05, 3.63) is 83.9 Å². The number of anilines is 1. The summed E-state index contributed by atoms with van der Waals surface area (Å²) in [4.78, 5) is 18.0. The summed E-state index contributed by atoms with van der Waals surface area (Å²) in [6, 6.07) is 22.8. The first-order chi connectivity index (χ1) is 14.6. The molecule has 30 heavy (non-hydrogen) atoms. The van der Waals surface area contributed by atoms with Crippen LogP contribution in [0.5, 0.6) is 11.5 Å². The number of aryl methyl sites for hydroxylation is 1. The zero-order chi connectivity index (χ0) is 21.1. The van der Waals surface area contributed by atoms with Crippen molar-refractivity contribution in [2.24, 2.45) is 0 Å². The van der Waals surface area contributed by atoms with Crippen molar-refractivity contribution in [2.75, 3.05) is 19.5 Å². The molecule has 150 valence electrons. The molecule has 0 saturated heterocycles. The van der Waals surface area contributed by atoms with Gasteiger partial charge in [0.25, 0.3) is 5.91 Å². The van der Waals surface area contributed by atoms with Crippen LogP contribution in [0.15, 0.2) is 72.8 Å². The number of ether oxygens (including phenoxy) is 2. The van der Waals surface area contributed by atoms with Crippen molar-refractivity contribution in [3.63, 3.8) is 0 Å². The summed E-state index contributed by atoms with van der Waals surface area (Å²) >= 11 is 0. The average molecular weight is 398 g/mol. The van der Waals surface area contributed by atoms with E-state index in [4.69, 9.17) is 14.5 Å². The monoisotopic (exact) mass is 398 g/mol. The van der Waals surface area contributed by atoms with E-state index >= 15 is 0 Å². The third-order valence-corrected chi connectivity index (χ3v) is 4.93. The first-order valence-corrected chi connectivity index (χ1v) is 9.59. The molecule has 1 N–H and O–H groups in total. The molecule has 4 aromatic rings. The Morgan fingerprint density at radius 3 is 2.50 bits per heavy atom. The molecule has 0 saturated carbocycles. The van der Waals surface area contributed by atoms with E-state index < -0.39 is 0 Å². The predicted molar refractivity (Wildman–Crippen MR) is 119 cm³/mol. The molecule has 4 rings (SSSR count). The lowest BCUT2D eigenvalue weighted by atomic mass is 10.0. The highest BCUT2D eigenvalue weighted by atomic mass is 16.5. The van der Waals surface area contributed by atoms with Gasteiger partial charge in [-0.15, -0.1) is 0 Å². The molecule has 3 aromatic carbocycles. The second-order valence-electron chi connectivity index (χ2n) is 6.96. The maximum atomic E-state index is 13.3. The molecule has 0 unspecified atom stereocenters. The summed E-state index contributed by atoms with van der Waals surface area (Å²) in [6.45, 7) is 2.04. The first kappa shape index (κ1) is 19.5. The van der Waals surface area contributed by atoms with Crippen LogP contribution in [0.4, 0.5) is 5.69 Å². The van der Waals surface area contributed by atoms with Crippen LogP contribution in [0.1, 0.15) is 15.9 Å². The number of methoxy groups -OCH3 is 2. The Morgan fingerprint density at radius 2 is 1.73 bits per heavy atom. The number of fused-ring (bicyclic) bond motifs is 1. The SMILES string of the molecule is COc1ccc(NC(=O)c2cc(-c3cccc(C)c3)nc3ccccc23)c(OC)c1. The van der Waals surface area contributed by atoms with Gasteiger partial charge >= 0.3 is 0 Å². The summed E-state index contributed by atoms with van der Waals surface area (Å²) in [7, 11) is 3.14. The van der Waals surface area contributed by atoms with Gasteiger partial charge in [0.15, 0.2) is 0 Å². The highest BCUT2D eigenvalue weighted by Gasteiger charge is 2.16. The summed E-state index contributed by atoms with van der Waals surface area (Å²) in [6.07, 6.45) is 0. The number of nitrogens with one attached hydrogen (secondary N) is 1. The van der Waals surface area contributed by atoms with E-state index in [1.54, 1.807) is 32.4 Å². The Labute approximate surface area is 175 Å². The number of carbonyl (C=O) groups is 1. The van der Waals surface area contributed by atoms with Crippen LogP contribution in [0.3, 0.4) is 0 Å². The van der Waals surface area contributed by atoms with Gasteiger partial charge in [0.1, 0.15) is 11.5 Å². The molecular weight excluding hydrogens is 376 g/mol. The number of hydrogen-bond acceptors (Lipinski definition) is 4. The second-order valence-corrected chi connectivity index (χ2v) is 6.96. The van der Waals surface area contributed by atoms with Gasteiger partial charge in [-0.05, 0) is 37.3 Å². The molecule has 0 fully saturated rings. The average Bonchev–Trinajstić information content (AvgIpc) is 2.78. The predicted octanol–water partition coefficient (Wildman–Crippen LogP) is 5.48. The number of rotatable bonds is 5. The van der Waals surface area contributed by atoms with E-state index in [-0.39, 0.29) is 5.91 Å². The number of nitrogens with zero attached hydrogens (tertiary/aromatic N) is 1. The molecule has 5 nitrogen and oxygen atoms in total. The minimum Gasteiger partial charge on any atom is -0.497 e. The van der Waals surface area contributed by atoms with Gasteiger partial charge in [-0.1, -0.05) is 42.0 Å². The highest BCUT2D eigenvalue weighted by Crippen LogP contribution is 2.31. The molecule has 0 aliphatic carbocycles. The summed E-state index contributed by atoms with van der Waals surface area (Å²) in [5.74, 6) is 0.951. The van der Waals surface area contributed by atoms with E-state index in [0.29, 0.717) is 22.7 Å². The van der Waals surface area contributed by atoms with Crippen molar-refractivity contribution < 1.29 is 14.3 Å². The number of para-hydroxylation sites is 1. The van der Waals surface area contributed by atoms with Gasteiger partial charge in [-0.3, -0.25) is 4.79 Å². The molecule has 0 bridgehead atoms. The van der Waals surface area contributed by atoms with E-state index in [0.717, 1.165) is 27.7 Å². The molecule has 1 aromatic heterocycles. The van der Waals surface area contributed by atoms with Gasteiger partial charge in [0, 0.05) is 17.0 Å². The number of hydrogen-bond donors (Lipinski definition) is 1. The molecule has 0 radical (unpaired) electrons. The van der Waals surface area contributed by atoms with E-state index in [1.807, 2.05) is 55.5 Å². The quantitative estimate of drug-likeness (QED) is 0.484. The Morgan fingerprint density at radius 1 is 0.900 bits per heavy atom. The lowest BCUT2D eigenvalue weighted by molar-refractivity contribution is 0.102. The summed E-state index contributed by atoms with van der Waals surface area (Å²) in [5, 5.41) is 3.75. The zero-order valence-corrected chi connectivity index (χ0v) is 17.1. The van der Waals surface area contributed by atoms with Crippen LogP contribution in [0.2, 0.25) is 0 Å². The largest absolute Gasteiger partial charge is 0.497 e. The standard InChI is InChI=1S/C25H22N2O3/c1-16-7-6-8-17(13-16)23-15-20(19-9-4-5-10-21(19)26-23)25(28)27-22-12-11-18(29-2)14-24(22)30-3/h4-15H,1-3H3,(H,27,28). The fourth-order valence-corrected chi connectivity index (χ4v) is 3.41. The number of aromatic nitrogens is 1. The molecule has 5 heteroatoms. The molecular formula is C25H22N2O3. The fraction of sp³-hybridized carbons (Fsp3) is 0.120. The Hall–Kier alpha value is -3.86. The molecule has 1 heterocycles. The maximum absolute atomic E-state index is 13.3. The van der Waals surface area contributed by atoms with Gasteiger partial charge < -0.3 is 14.8 Å².